The molecule has 8 nitrogen and oxygen atoms in total. The van der Waals surface area contributed by atoms with Gasteiger partial charge in [0.05, 0.1) is 17.6 Å². The molecule has 1 heterocycles. The summed E-state index contributed by atoms with van der Waals surface area (Å²) < 4.78 is 11.0. The molecule has 1 fully saturated rings. The van der Waals surface area contributed by atoms with Crippen molar-refractivity contribution >= 4 is 11.6 Å². The lowest BCUT2D eigenvalue weighted by atomic mass is 10.1. The summed E-state index contributed by atoms with van der Waals surface area (Å²) in [6.45, 7) is 2.66. The maximum Gasteiger partial charge on any atom is 0.270 e. The minimum absolute atomic E-state index is 0.144. The maximum atomic E-state index is 13.0. The highest BCUT2D eigenvalue weighted by atomic mass is 16.6. The number of nitrogens with zero attached hydrogens (tertiary/aromatic N) is 3. The second-order valence-corrected chi connectivity index (χ2v) is 6.31. The van der Waals surface area contributed by atoms with Gasteiger partial charge in [-0.3, -0.25) is 14.9 Å². The van der Waals surface area contributed by atoms with Gasteiger partial charge in [-0.1, -0.05) is 0 Å². The van der Waals surface area contributed by atoms with Crippen molar-refractivity contribution in [1.29, 1.82) is 0 Å². The summed E-state index contributed by atoms with van der Waals surface area (Å²) in [5.74, 6) is 1.21. The van der Waals surface area contributed by atoms with Crippen molar-refractivity contribution in [3.63, 3.8) is 0 Å². The van der Waals surface area contributed by atoms with E-state index in [9.17, 15) is 14.9 Å². The largest absolute Gasteiger partial charge is 0.497 e. The molecule has 0 atom stereocenters. The molecule has 27 heavy (non-hydrogen) atoms. The van der Waals surface area contributed by atoms with E-state index in [-0.39, 0.29) is 22.9 Å². The van der Waals surface area contributed by atoms with Gasteiger partial charge in [0.1, 0.15) is 17.2 Å². The van der Waals surface area contributed by atoms with Gasteiger partial charge in [-0.2, -0.15) is 0 Å². The number of amides is 1. The lowest BCUT2D eigenvalue weighted by Gasteiger charge is -2.32. The molecule has 142 valence electrons. The summed E-state index contributed by atoms with van der Waals surface area (Å²) in [5, 5.41) is 11.2. The Bertz CT molecular complexity index is 830. The summed E-state index contributed by atoms with van der Waals surface area (Å²) in [7, 11) is 3.56. The molecule has 0 unspecified atom stereocenters. The zero-order valence-corrected chi connectivity index (χ0v) is 15.3. The van der Waals surface area contributed by atoms with Gasteiger partial charge in [-0.25, -0.2) is 0 Å². The Kier molecular flexibility index (Phi) is 5.56. The molecule has 1 saturated heterocycles. The van der Waals surface area contributed by atoms with Crippen LogP contribution in [0.25, 0.3) is 0 Å². The molecule has 1 amide bonds. The number of nitro benzene ring substituents is 1. The van der Waals surface area contributed by atoms with E-state index in [1.165, 1.54) is 18.2 Å². The van der Waals surface area contributed by atoms with Gasteiger partial charge in [0.25, 0.3) is 11.6 Å². The van der Waals surface area contributed by atoms with Crippen molar-refractivity contribution < 1.29 is 19.2 Å². The number of ether oxygens (including phenoxy) is 2. The number of rotatable bonds is 5. The van der Waals surface area contributed by atoms with E-state index in [0.29, 0.717) is 24.6 Å². The first-order valence-corrected chi connectivity index (χ1v) is 8.56. The van der Waals surface area contributed by atoms with Gasteiger partial charge in [0.15, 0.2) is 0 Å². The number of likely N-dealkylation sites (N-methyl/N-ethyl adjacent to an activating group) is 1. The van der Waals surface area contributed by atoms with E-state index in [2.05, 4.69) is 4.90 Å². The van der Waals surface area contributed by atoms with Gasteiger partial charge < -0.3 is 19.3 Å². The number of hydrogen-bond donors (Lipinski definition) is 0. The third-order valence-electron chi connectivity index (χ3n) is 4.48. The van der Waals surface area contributed by atoms with Crippen LogP contribution in [0.1, 0.15) is 10.4 Å². The number of benzene rings is 2. The SMILES string of the molecule is COc1ccc(Oc2ccc([N+](=O)[O-])cc2C(=O)N2CCN(C)CC2)cc1. The highest BCUT2D eigenvalue weighted by Gasteiger charge is 2.25. The van der Waals surface area contributed by atoms with Crippen LogP contribution < -0.4 is 9.47 Å². The molecule has 0 N–H and O–H groups in total. The first-order valence-electron chi connectivity index (χ1n) is 8.56. The van der Waals surface area contributed by atoms with Crippen LogP contribution in [0.4, 0.5) is 5.69 Å². The number of carbonyl (C=O) groups excluding carboxylic acids is 1. The Morgan fingerprint density at radius 2 is 1.67 bits per heavy atom. The van der Waals surface area contributed by atoms with Gasteiger partial charge in [0, 0.05) is 38.3 Å². The van der Waals surface area contributed by atoms with Crippen LogP contribution in [0, 0.1) is 10.1 Å². The Morgan fingerprint density at radius 3 is 2.26 bits per heavy atom. The van der Waals surface area contributed by atoms with Crippen LogP contribution in [0.15, 0.2) is 42.5 Å². The van der Waals surface area contributed by atoms with Gasteiger partial charge in [0.2, 0.25) is 0 Å². The first kappa shape index (κ1) is 18.7. The monoisotopic (exact) mass is 371 g/mol. The van der Waals surface area contributed by atoms with E-state index in [1.807, 2.05) is 7.05 Å². The zero-order chi connectivity index (χ0) is 19.4. The van der Waals surface area contributed by atoms with Crippen molar-refractivity contribution in [2.24, 2.45) is 0 Å². The quantitative estimate of drug-likeness (QED) is 0.593. The summed E-state index contributed by atoms with van der Waals surface area (Å²) in [4.78, 5) is 27.4. The van der Waals surface area contributed by atoms with Gasteiger partial charge in [-0.05, 0) is 37.4 Å². The molecule has 0 saturated carbocycles. The maximum absolute atomic E-state index is 13.0. The molecule has 2 aromatic carbocycles. The highest BCUT2D eigenvalue weighted by molar-refractivity contribution is 5.97. The minimum atomic E-state index is -0.516. The normalized spacial score (nSPS) is 14.7. The molecule has 0 aromatic heterocycles. The van der Waals surface area contributed by atoms with Crippen molar-refractivity contribution in [2.75, 3.05) is 40.3 Å². The predicted octanol–water partition coefficient (Wildman–Crippen LogP) is 2.78. The molecule has 0 radical (unpaired) electrons. The van der Waals surface area contributed by atoms with Crippen molar-refractivity contribution in [1.82, 2.24) is 9.80 Å². The van der Waals surface area contributed by atoms with E-state index in [0.717, 1.165) is 13.1 Å². The number of non-ortho nitro benzene ring substituents is 1. The molecule has 0 bridgehead atoms. The number of methoxy groups -OCH3 is 1. The molecule has 0 spiro atoms. The summed E-state index contributed by atoms with van der Waals surface area (Å²) in [6.07, 6.45) is 0. The second kappa shape index (κ2) is 8.05. The van der Waals surface area contributed by atoms with Crippen molar-refractivity contribution in [3.8, 4) is 17.2 Å². The van der Waals surface area contributed by atoms with Crippen LogP contribution in [0.5, 0.6) is 17.2 Å². The Morgan fingerprint density at radius 1 is 1.04 bits per heavy atom. The lowest BCUT2D eigenvalue weighted by molar-refractivity contribution is -0.384. The minimum Gasteiger partial charge on any atom is -0.497 e. The summed E-state index contributed by atoms with van der Waals surface area (Å²) >= 11 is 0. The molecule has 3 rings (SSSR count). The Hall–Kier alpha value is -3.13. The van der Waals surface area contributed by atoms with Crippen LogP contribution in [-0.2, 0) is 0 Å². The standard InChI is InChI=1S/C19H21N3O5/c1-20-9-11-21(12-10-20)19(23)17-13-14(22(24)25)3-8-18(17)27-16-6-4-15(26-2)5-7-16/h3-8,13H,9-12H2,1-2H3. The van der Waals surface area contributed by atoms with E-state index in [1.54, 1.807) is 36.3 Å². The second-order valence-electron chi connectivity index (χ2n) is 6.31. The van der Waals surface area contributed by atoms with E-state index >= 15 is 0 Å². The molecule has 8 heteroatoms. The fourth-order valence-electron chi connectivity index (χ4n) is 2.84. The summed E-state index contributed by atoms with van der Waals surface area (Å²) in [5.41, 5.74) is 0.0409. The Balaban J connectivity index is 1.90. The number of nitro groups is 1. The predicted molar refractivity (Wildman–Crippen MR) is 99.6 cm³/mol. The molecule has 0 aliphatic carbocycles. The molecular formula is C19H21N3O5. The molecule has 1 aliphatic heterocycles. The van der Waals surface area contributed by atoms with Gasteiger partial charge in [-0.15, -0.1) is 0 Å². The average Bonchev–Trinajstić information content (AvgIpc) is 2.69. The highest BCUT2D eigenvalue weighted by Crippen LogP contribution is 2.31. The van der Waals surface area contributed by atoms with E-state index in [4.69, 9.17) is 9.47 Å². The lowest BCUT2D eigenvalue weighted by Crippen LogP contribution is -2.47. The fraction of sp³-hybridized carbons (Fsp3) is 0.316. The third-order valence-corrected chi connectivity index (χ3v) is 4.48. The molecule has 1 aliphatic rings. The van der Waals surface area contributed by atoms with Crippen LogP contribution >= 0.6 is 0 Å². The van der Waals surface area contributed by atoms with E-state index < -0.39 is 4.92 Å². The van der Waals surface area contributed by atoms with Gasteiger partial charge >= 0.3 is 0 Å². The topological polar surface area (TPSA) is 85.1 Å². The third kappa shape index (κ3) is 4.35. The smallest absolute Gasteiger partial charge is 0.270 e. The fourth-order valence-corrected chi connectivity index (χ4v) is 2.84. The number of carbonyl (C=O) groups is 1. The number of piperazine rings is 1. The van der Waals surface area contributed by atoms with Crippen LogP contribution in [-0.4, -0.2) is 61.0 Å². The van der Waals surface area contributed by atoms with Crippen LogP contribution in [0.3, 0.4) is 0 Å². The zero-order valence-electron chi connectivity index (χ0n) is 15.3. The van der Waals surface area contributed by atoms with Crippen LogP contribution in [0.2, 0.25) is 0 Å². The first-order chi connectivity index (χ1) is 13.0. The van der Waals surface area contributed by atoms with Crippen molar-refractivity contribution in [2.45, 2.75) is 0 Å². The Labute approximate surface area is 157 Å². The number of hydrogen-bond acceptors (Lipinski definition) is 6. The van der Waals surface area contributed by atoms with Crippen molar-refractivity contribution in [3.05, 3.63) is 58.1 Å². The molecule has 2 aromatic rings. The molecular weight excluding hydrogens is 350 g/mol. The average molecular weight is 371 g/mol. The summed E-state index contributed by atoms with van der Waals surface area (Å²) in [6, 6.07) is 11.0.